The Balaban J connectivity index is 0. The van der Waals surface area contributed by atoms with Crippen LogP contribution in [0.2, 0.25) is 0 Å². The molecule has 0 saturated heterocycles. The van der Waals surface area contributed by atoms with E-state index in [4.69, 9.17) is 0 Å². The molecule has 1 aromatic carbocycles. The predicted octanol–water partition coefficient (Wildman–Crippen LogP) is 2.68. The first-order chi connectivity index (χ1) is 5.70. The summed E-state index contributed by atoms with van der Waals surface area (Å²) in [5, 5.41) is 2.63. The number of rotatable bonds is 2. The highest BCUT2D eigenvalue weighted by Crippen LogP contribution is 2.07. The topological polar surface area (TPSA) is 29.1 Å². The first-order valence-corrected chi connectivity index (χ1v) is 3.72. The Labute approximate surface area is 80.8 Å². The van der Waals surface area contributed by atoms with Crippen LogP contribution in [0, 0.1) is 0 Å². The molecule has 0 spiro atoms. The van der Waals surface area contributed by atoms with Crippen molar-refractivity contribution in [3.63, 3.8) is 0 Å². The maximum atomic E-state index is 10.7. The van der Waals surface area contributed by atoms with Crippen molar-refractivity contribution in [2.24, 2.45) is 0 Å². The largest absolute Gasteiger partial charge is 0.326 e. The summed E-state index contributed by atoms with van der Waals surface area (Å²) in [5.74, 6) is -0.0937. The van der Waals surface area contributed by atoms with Gasteiger partial charge in [-0.2, -0.15) is 0 Å². The van der Waals surface area contributed by atoms with Gasteiger partial charge in [0, 0.05) is 14.0 Å². The van der Waals surface area contributed by atoms with Crippen LogP contribution < -0.4 is 5.32 Å². The molecule has 13 heavy (non-hydrogen) atoms. The van der Waals surface area contributed by atoms with Crippen molar-refractivity contribution < 1.29 is 6.22 Å². The molecule has 0 aliphatic rings. The molecular formula is C11H17NO. The van der Waals surface area contributed by atoms with Gasteiger partial charge in [-0.3, -0.25) is 4.79 Å². The van der Waals surface area contributed by atoms with E-state index >= 15 is 0 Å². The molecule has 0 bridgehead atoms. The lowest BCUT2D eigenvalue weighted by atomic mass is 10.2. The van der Waals surface area contributed by atoms with Crippen LogP contribution in [0.3, 0.4) is 0 Å². The molecule has 0 atom stereocenters. The van der Waals surface area contributed by atoms with Crippen molar-refractivity contribution in [3.8, 4) is 0 Å². The zero-order valence-electron chi connectivity index (χ0n) is 7.00. The third kappa shape index (κ3) is 3.56. The van der Waals surface area contributed by atoms with E-state index in [-0.39, 0.29) is 14.8 Å². The minimum atomic E-state index is -0.0937. The van der Waals surface area contributed by atoms with Gasteiger partial charge in [0.15, 0.2) is 0 Å². The summed E-state index contributed by atoms with van der Waals surface area (Å²) >= 11 is 0. The fourth-order valence-electron chi connectivity index (χ4n) is 0.924. The van der Waals surface area contributed by atoms with Gasteiger partial charge in [-0.1, -0.05) is 44.3 Å². The fraction of sp³-hybridized carbons (Fsp3) is 0.182. The monoisotopic (exact) mass is 179 g/mol. The number of carbonyl (C=O) groups is 1. The second-order valence-corrected chi connectivity index (χ2v) is 2.53. The van der Waals surface area contributed by atoms with Crippen molar-refractivity contribution in [1.29, 1.82) is 0 Å². The zero-order valence-corrected chi connectivity index (χ0v) is 7.00. The fourth-order valence-corrected chi connectivity index (χ4v) is 0.924. The molecule has 0 radical (unpaired) electrons. The standard InChI is InChI=1S/C10H11NO.CH4.H2/c1-8(11-9(2)12)10-6-4-3-5-7-10;;/h3-7H,1H2,2H3,(H,11,12);1H4;1H. The molecule has 1 amide bonds. The van der Waals surface area contributed by atoms with Crippen molar-refractivity contribution in [3.05, 3.63) is 42.5 Å². The van der Waals surface area contributed by atoms with Crippen LogP contribution in [0.4, 0.5) is 0 Å². The lowest BCUT2D eigenvalue weighted by Crippen LogP contribution is -2.16. The van der Waals surface area contributed by atoms with Crippen LogP contribution in [-0.2, 0) is 4.79 Å². The van der Waals surface area contributed by atoms with Gasteiger partial charge in [0.05, 0.1) is 0 Å². The molecule has 0 aliphatic heterocycles. The van der Waals surface area contributed by atoms with Crippen LogP contribution in [0.1, 0.15) is 21.3 Å². The average Bonchev–Trinajstić information content (AvgIpc) is 2.05. The Kier molecular flexibility index (Phi) is 4.52. The van der Waals surface area contributed by atoms with E-state index in [0.29, 0.717) is 5.70 Å². The summed E-state index contributed by atoms with van der Waals surface area (Å²) in [5.41, 5.74) is 1.58. The SMILES string of the molecule is C.C=C(NC(C)=O)c1ccccc1.[HH]. The summed E-state index contributed by atoms with van der Waals surface area (Å²) in [4.78, 5) is 10.7. The maximum absolute atomic E-state index is 10.7. The second-order valence-electron chi connectivity index (χ2n) is 2.53. The van der Waals surface area contributed by atoms with Gasteiger partial charge in [-0.05, 0) is 5.56 Å². The van der Waals surface area contributed by atoms with Gasteiger partial charge in [-0.25, -0.2) is 0 Å². The zero-order chi connectivity index (χ0) is 8.97. The van der Waals surface area contributed by atoms with Crippen LogP contribution in [0.15, 0.2) is 36.9 Å². The summed E-state index contributed by atoms with van der Waals surface area (Å²) in [6.45, 7) is 5.20. The smallest absolute Gasteiger partial charge is 0.221 e. The summed E-state index contributed by atoms with van der Waals surface area (Å²) in [6.07, 6.45) is 0. The van der Waals surface area contributed by atoms with Crippen molar-refractivity contribution in [1.82, 2.24) is 5.32 Å². The first-order valence-electron chi connectivity index (χ1n) is 3.72. The van der Waals surface area contributed by atoms with E-state index in [1.54, 1.807) is 0 Å². The Bertz CT molecular complexity index is 295. The van der Waals surface area contributed by atoms with Crippen LogP contribution in [0.5, 0.6) is 0 Å². The third-order valence-electron chi connectivity index (χ3n) is 1.45. The van der Waals surface area contributed by atoms with Gasteiger partial charge in [0.25, 0.3) is 0 Å². The highest BCUT2D eigenvalue weighted by Gasteiger charge is 1.97. The summed E-state index contributed by atoms with van der Waals surface area (Å²) in [7, 11) is 0. The number of nitrogens with one attached hydrogen (secondary N) is 1. The van der Waals surface area contributed by atoms with Crippen molar-refractivity contribution in [2.75, 3.05) is 0 Å². The van der Waals surface area contributed by atoms with Crippen LogP contribution >= 0.6 is 0 Å². The van der Waals surface area contributed by atoms with Crippen LogP contribution in [0.25, 0.3) is 5.70 Å². The molecule has 0 aromatic heterocycles. The van der Waals surface area contributed by atoms with E-state index < -0.39 is 0 Å². The van der Waals surface area contributed by atoms with Gasteiger partial charge in [0.1, 0.15) is 0 Å². The van der Waals surface area contributed by atoms with Crippen molar-refractivity contribution >= 4 is 11.6 Å². The lowest BCUT2D eigenvalue weighted by molar-refractivity contribution is -0.117. The van der Waals surface area contributed by atoms with Gasteiger partial charge in [-0.15, -0.1) is 0 Å². The van der Waals surface area contributed by atoms with Gasteiger partial charge >= 0.3 is 0 Å². The second kappa shape index (κ2) is 5.14. The first kappa shape index (κ1) is 11.4. The lowest BCUT2D eigenvalue weighted by Gasteiger charge is -2.04. The minimum Gasteiger partial charge on any atom is -0.326 e. The number of amides is 1. The molecule has 1 N–H and O–H groups in total. The van der Waals surface area contributed by atoms with E-state index in [0.717, 1.165) is 5.56 Å². The van der Waals surface area contributed by atoms with E-state index in [2.05, 4.69) is 11.9 Å². The molecule has 1 aromatic rings. The molecule has 1 rings (SSSR count). The Hall–Kier alpha value is -1.57. The molecule has 2 heteroatoms. The Morgan fingerprint density at radius 2 is 1.92 bits per heavy atom. The average molecular weight is 179 g/mol. The quantitative estimate of drug-likeness (QED) is 0.743. The number of hydrogen-bond acceptors (Lipinski definition) is 1. The molecular weight excluding hydrogens is 162 g/mol. The number of benzene rings is 1. The molecule has 72 valence electrons. The third-order valence-corrected chi connectivity index (χ3v) is 1.45. The summed E-state index contributed by atoms with van der Waals surface area (Å²) in [6, 6.07) is 9.53. The normalized spacial score (nSPS) is 8.38. The highest BCUT2D eigenvalue weighted by atomic mass is 16.1. The minimum absolute atomic E-state index is 0. The van der Waals surface area contributed by atoms with E-state index in [1.807, 2.05) is 30.3 Å². The van der Waals surface area contributed by atoms with Crippen LogP contribution in [-0.4, -0.2) is 5.91 Å². The molecule has 0 saturated carbocycles. The Morgan fingerprint density at radius 1 is 1.38 bits per heavy atom. The molecule has 0 aliphatic carbocycles. The van der Waals surface area contributed by atoms with Crippen molar-refractivity contribution in [2.45, 2.75) is 14.4 Å². The number of carbonyl (C=O) groups excluding carboxylic acids is 1. The highest BCUT2D eigenvalue weighted by molar-refractivity contribution is 5.84. The molecule has 2 nitrogen and oxygen atoms in total. The van der Waals surface area contributed by atoms with Gasteiger partial charge in [0.2, 0.25) is 5.91 Å². The van der Waals surface area contributed by atoms with E-state index in [9.17, 15) is 4.79 Å². The molecule has 0 heterocycles. The van der Waals surface area contributed by atoms with Gasteiger partial charge < -0.3 is 5.32 Å². The summed E-state index contributed by atoms with van der Waals surface area (Å²) < 4.78 is 0. The molecule has 0 fully saturated rings. The van der Waals surface area contributed by atoms with E-state index in [1.165, 1.54) is 6.92 Å². The predicted molar refractivity (Wildman–Crippen MR) is 58.1 cm³/mol. The Morgan fingerprint density at radius 3 is 2.38 bits per heavy atom. The maximum Gasteiger partial charge on any atom is 0.221 e. The number of hydrogen-bond donors (Lipinski definition) is 1. The molecule has 0 unspecified atom stereocenters.